The van der Waals surface area contributed by atoms with Gasteiger partial charge in [0.25, 0.3) is 20.2 Å². The maximum absolute atomic E-state index is 12.1. The van der Waals surface area contributed by atoms with Crippen LogP contribution in [0.4, 0.5) is 0 Å². The highest BCUT2D eigenvalue weighted by atomic mass is 32.2. The van der Waals surface area contributed by atoms with Gasteiger partial charge in [-0.3, -0.25) is 9.11 Å². The minimum absolute atomic E-state index is 0.154. The van der Waals surface area contributed by atoms with E-state index in [4.69, 9.17) is 4.74 Å². The lowest BCUT2D eigenvalue weighted by atomic mass is 9.44. The highest BCUT2D eigenvalue weighted by Crippen LogP contribution is 2.67. The Labute approximate surface area is 314 Å². The van der Waals surface area contributed by atoms with Crippen molar-refractivity contribution in [1.29, 1.82) is 0 Å². The summed E-state index contributed by atoms with van der Waals surface area (Å²) in [5, 5.41) is 3.10. The van der Waals surface area contributed by atoms with Crippen LogP contribution in [0.1, 0.15) is 82.8 Å². The summed E-state index contributed by atoms with van der Waals surface area (Å²) >= 11 is 0. The van der Waals surface area contributed by atoms with Crippen LogP contribution in [-0.4, -0.2) is 38.7 Å². The van der Waals surface area contributed by atoms with Crippen LogP contribution in [0.5, 0.6) is 0 Å². The molecule has 0 radical (unpaired) electrons. The molecule has 4 aliphatic rings. The summed E-state index contributed by atoms with van der Waals surface area (Å²) in [6, 6.07) is 21.0. The van der Waals surface area contributed by atoms with Crippen molar-refractivity contribution in [3.63, 3.8) is 0 Å². The summed E-state index contributed by atoms with van der Waals surface area (Å²) in [6.07, 6.45) is 15.4. The summed E-state index contributed by atoms with van der Waals surface area (Å²) in [6.45, 7) is 9.61. The third-order valence-corrected chi connectivity index (χ3v) is 16.0. The Morgan fingerprint density at radius 1 is 0.755 bits per heavy atom. The fourth-order valence-electron chi connectivity index (χ4n) is 11.7. The molecule has 0 spiro atoms. The fourth-order valence-corrected chi connectivity index (χ4v) is 12.8. The smallest absolute Gasteiger partial charge is 0.294 e. The normalized spacial score (nSPS) is 31.4. The van der Waals surface area contributed by atoms with Crippen molar-refractivity contribution in [3.8, 4) is 0 Å². The standard InChI is InChI=1S/C44H50O7S2/c1-4-23-51-42-18-17-40-38-14-11-31-24-28(19-21-43(31,2)41(38)20-22-44(40,42)3)25-39(36-9-5-7-29-26-32(52(45,46)47)12-15-34(29)36)37-10-6-8-30-27-33(53(48,49)50)13-16-35(30)37/h4-10,12-13,15-16,25-28,31,38,40-42H,1,11,14,17-24H2,2-3H3,(H,45,46,47)(H,48,49,50)/t28-,31-,38-,40-,41-,42-,43-,44-/m0/s1. The number of rotatable bonds is 8. The molecule has 2 N–H and O–H groups in total. The van der Waals surface area contributed by atoms with E-state index in [1.807, 2.05) is 30.3 Å². The highest BCUT2D eigenvalue weighted by Gasteiger charge is 2.60. The minimum atomic E-state index is -4.38. The average Bonchev–Trinajstić information content (AvgIpc) is 3.47. The lowest BCUT2D eigenvalue weighted by molar-refractivity contribution is -0.131. The SMILES string of the molecule is C=CCO[C@H]1CC[C@H]2[C@@H]3CC[C@H]4C[C@@H](C=C(c5cccc6cc(S(=O)(=O)O)ccc56)c5cccc6cc(S(=O)(=O)O)ccc56)CC[C@]4(C)[C@H]3CC[C@]12C. The third-order valence-electron chi connectivity index (χ3n) is 14.3. The molecule has 4 aromatic rings. The second-order valence-electron chi connectivity index (χ2n) is 16.8. The number of fused-ring (bicyclic) bond motifs is 7. The first-order valence-corrected chi connectivity index (χ1v) is 22.0. The second kappa shape index (κ2) is 13.4. The number of ether oxygens (including phenoxy) is 1. The van der Waals surface area contributed by atoms with Crippen molar-refractivity contribution in [2.45, 2.75) is 87.5 Å². The molecule has 8 atom stereocenters. The van der Waals surface area contributed by atoms with Crippen molar-refractivity contribution in [1.82, 2.24) is 0 Å². The molecule has 4 fully saturated rings. The van der Waals surface area contributed by atoms with Crippen molar-refractivity contribution in [2.24, 2.45) is 40.4 Å². The molecule has 8 rings (SSSR count). The molecule has 280 valence electrons. The van der Waals surface area contributed by atoms with Gasteiger partial charge in [-0.25, -0.2) is 0 Å². The molecule has 0 amide bonds. The molecule has 9 heteroatoms. The Morgan fingerprint density at radius 2 is 1.34 bits per heavy atom. The van der Waals surface area contributed by atoms with E-state index in [9.17, 15) is 25.9 Å². The van der Waals surface area contributed by atoms with Gasteiger partial charge in [-0.05, 0) is 161 Å². The molecule has 0 aromatic heterocycles. The van der Waals surface area contributed by atoms with E-state index in [0.717, 1.165) is 64.5 Å². The Balaban J connectivity index is 1.17. The molecule has 7 nitrogen and oxygen atoms in total. The summed E-state index contributed by atoms with van der Waals surface area (Å²) in [7, 11) is -8.76. The first-order valence-electron chi connectivity index (χ1n) is 19.2. The predicted molar refractivity (Wildman–Crippen MR) is 210 cm³/mol. The van der Waals surface area contributed by atoms with Crippen LogP contribution in [0.15, 0.2) is 101 Å². The van der Waals surface area contributed by atoms with E-state index in [1.165, 1.54) is 62.8 Å². The predicted octanol–water partition coefficient (Wildman–Crippen LogP) is 10.1. The van der Waals surface area contributed by atoms with Gasteiger partial charge in [0.15, 0.2) is 0 Å². The van der Waals surface area contributed by atoms with E-state index >= 15 is 0 Å². The zero-order chi connectivity index (χ0) is 37.3. The molecule has 53 heavy (non-hydrogen) atoms. The lowest BCUT2D eigenvalue weighted by Crippen LogP contribution is -2.54. The van der Waals surface area contributed by atoms with E-state index in [2.05, 4.69) is 38.6 Å². The number of benzene rings is 4. The van der Waals surface area contributed by atoms with Gasteiger partial charge in [0.1, 0.15) is 0 Å². The summed E-state index contributed by atoms with van der Waals surface area (Å²) < 4.78 is 74.2. The van der Waals surface area contributed by atoms with E-state index < -0.39 is 20.2 Å². The van der Waals surface area contributed by atoms with Gasteiger partial charge in [0.05, 0.1) is 22.5 Å². The van der Waals surface area contributed by atoms with Crippen molar-refractivity contribution < 1.29 is 30.7 Å². The topological polar surface area (TPSA) is 118 Å². The molecule has 0 aliphatic heterocycles. The van der Waals surface area contributed by atoms with Gasteiger partial charge in [-0.2, -0.15) is 16.8 Å². The molecule has 4 aliphatic carbocycles. The van der Waals surface area contributed by atoms with E-state index in [1.54, 1.807) is 12.1 Å². The van der Waals surface area contributed by atoms with Gasteiger partial charge in [0, 0.05) is 0 Å². The van der Waals surface area contributed by atoms with Gasteiger partial charge in [-0.1, -0.05) is 74.5 Å². The van der Waals surface area contributed by atoms with Crippen LogP contribution in [0.25, 0.3) is 27.1 Å². The maximum Gasteiger partial charge on any atom is 0.294 e. The molecular formula is C44H50O7S2. The third kappa shape index (κ3) is 6.40. The van der Waals surface area contributed by atoms with Gasteiger partial charge in [0.2, 0.25) is 0 Å². The Morgan fingerprint density at radius 3 is 1.92 bits per heavy atom. The molecule has 4 aromatic carbocycles. The van der Waals surface area contributed by atoms with Gasteiger partial charge < -0.3 is 4.74 Å². The Kier molecular flexibility index (Phi) is 9.29. The molecular weight excluding hydrogens is 705 g/mol. The first-order chi connectivity index (χ1) is 25.2. The van der Waals surface area contributed by atoms with Crippen molar-refractivity contribution >= 4 is 47.4 Å². The average molecular weight is 755 g/mol. The molecule has 0 saturated heterocycles. The van der Waals surface area contributed by atoms with Gasteiger partial charge in [-0.15, -0.1) is 6.58 Å². The van der Waals surface area contributed by atoms with E-state index in [-0.39, 0.29) is 15.2 Å². The number of hydrogen-bond donors (Lipinski definition) is 2. The summed E-state index contributed by atoms with van der Waals surface area (Å²) in [4.78, 5) is -0.309. The molecule has 4 saturated carbocycles. The van der Waals surface area contributed by atoms with E-state index in [0.29, 0.717) is 40.7 Å². The Bertz CT molecular complexity index is 2230. The zero-order valence-corrected chi connectivity index (χ0v) is 32.2. The molecule has 0 bridgehead atoms. The van der Waals surface area contributed by atoms with Crippen molar-refractivity contribution in [3.05, 3.63) is 103 Å². The number of allylic oxidation sites excluding steroid dienone is 1. The van der Waals surface area contributed by atoms with Gasteiger partial charge >= 0.3 is 0 Å². The largest absolute Gasteiger partial charge is 0.374 e. The van der Waals surface area contributed by atoms with Crippen molar-refractivity contribution in [2.75, 3.05) is 6.61 Å². The Hall–Kier alpha value is -3.34. The summed E-state index contributed by atoms with van der Waals surface area (Å²) in [5.41, 5.74) is 3.44. The number of hydrogen-bond acceptors (Lipinski definition) is 5. The quantitative estimate of drug-likeness (QED) is 0.136. The molecule has 0 heterocycles. The highest BCUT2D eigenvalue weighted by molar-refractivity contribution is 7.86. The first kappa shape index (κ1) is 36.6. The fraction of sp³-hybridized carbons (Fsp3) is 0.455. The monoisotopic (exact) mass is 754 g/mol. The van der Waals surface area contributed by atoms with Crippen LogP contribution in [0.2, 0.25) is 0 Å². The maximum atomic E-state index is 12.1. The molecule has 0 unspecified atom stereocenters. The van der Waals surface area contributed by atoms with Crippen LogP contribution in [0, 0.1) is 40.4 Å². The van der Waals surface area contributed by atoms with Crippen LogP contribution in [-0.2, 0) is 25.0 Å². The lowest BCUT2D eigenvalue weighted by Gasteiger charge is -2.61. The minimum Gasteiger partial charge on any atom is -0.374 e. The van der Waals surface area contributed by atoms with Crippen LogP contribution >= 0.6 is 0 Å². The second-order valence-corrected chi connectivity index (χ2v) is 19.7. The summed E-state index contributed by atoms with van der Waals surface area (Å²) in [5.74, 6) is 3.14. The zero-order valence-electron chi connectivity index (χ0n) is 30.6. The van der Waals surface area contributed by atoms with Crippen LogP contribution in [0.3, 0.4) is 0 Å². The van der Waals surface area contributed by atoms with Crippen LogP contribution < -0.4 is 0 Å².